The Morgan fingerprint density at radius 1 is 1.38 bits per heavy atom. The Morgan fingerprint density at radius 3 is 2.46 bits per heavy atom. The van der Waals surface area contributed by atoms with Crippen molar-refractivity contribution in [1.29, 1.82) is 5.26 Å². The molecule has 0 aromatic heterocycles. The number of ketones is 1. The van der Waals surface area contributed by atoms with Gasteiger partial charge in [-0.3, -0.25) is 4.79 Å². The minimum atomic E-state index is 0.0908. The summed E-state index contributed by atoms with van der Waals surface area (Å²) in [6.07, 6.45) is 0.398. The number of carbonyl (C=O) groups excluding carboxylic acids is 1. The predicted octanol–water partition coefficient (Wildman–Crippen LogP) is 1.60. The number of hydrogen-bond acceptors (Lipinski definition) is 3. The van der Waals surface area contributed by atoms with Crippen molar-refractivity contribution < 1.29 is 4.79 Å². The zero-order valence-corrected chi connectivity index (χ0v) is 7.92. The minimum absolute atomic E-state index is 0.0908. The van der Waals surface area contributed by atoms with E-state index < -0.39 is 0 Å². The Hall–Kier alpha value is -1.27. The lowest BCUT2D eigenvalue weighted by molar-refractivity contribution is -0.115. The molecule has 13 heavy (non-hydrogen) atoms. The van der Waals surface area contributed by atoms with Crippen LogP contribution in [-0.4, -0.2) is 11.5 Å². The van der Waals surface area contributed by atoms with Crippen LogP contribution in [0.4, 0.5) is 0 Å². The molecule has 0 spiro atoms. The fourth-order valence-corrected chi connectivity index (χ4v) is 1.09. The van der Waals surface area contributed by atoms with Crippen LogP contribution >= 0.6 is 12.6 Å². The molecule has 3 heteroatoms. The predicted molar refractivity (Wildman–Crippen MR) is 53.7 cm³/mol. The van der Waals surface area contributed by atoms with Gasteiger partial charge in [-0.05, 0) is 17.7 Å². The SMILES string of the molecule is N#Cc1ccc(CC(=O)CS)cc1. The molecule has 0 N–H and O–H groups in total. The second-order valence-corrected chi connectivity index (χ2v) is 3.00. The van der Waals surface area contributed by atoms with Crippen molar-refractivity contribution in [3.63, 3.8) is 0 Å². The lowest BCUT2D eigenvalue weighted by Gasteiger charge is -1.97. The molecule has 0 unspecified atom stereocenters. The molecule has 0 saturated heterocycles. The van der Waals surface area contributed by atoms with Crippen molar-refractivity contribution in [3.05, 3.63) is 35.4 Å². The lowest BCUT2D eigenvalue weighted by atomic mass is 10.1. The van der Waals surface area contributed by atoms with Gasteiger partial charge in [0.05, 0.1) is 11.6 Å². The van der Waals surface area contributed by atoms with Crippen molar-refractivity contribution in [3.8, 4) is 6.07 Å². The maximum Gasteiger partial charge on any atom is 0.146 e. The van der Waals surface area contributed by atoms with Crippen molar-refractivity contribution in [2.45, 2.75) is 6.42 Å². The van der Waals surface area contributed by atoms with Gasteiger partial charge in [-0.25, -0.2) is 0 Å². The van der Waals surface area contributed by atoms with Gasteiger partial charge in [0, 0.05) is 12.2 Å². The van der Waals surface area contributed by atoms with Gasteiger partial charge in [-0.1, -0.05) is 12.1 Å². The van der Waals surface area contributed by atoms with E-state index in [1.807, 2.05) is 6.07 Å². The molecule has 1 aromatic rings. The van der Waals surface area contributed by atoms with Crippen LogP contribution in [0.2, 0.25) is 0 Å². The van der Waals surface area contributed by atoms with Crippen LogP contribution in [0.15, 0.2) is 24.3 Å². The van der Waals surface area contributed by atoms with Crippen molar-refractivity contribution in [2.75, 3.05) is 5.75 Å². The first-order valence-electron chi connectivity index (χ1n) is 3.88. The van der Waals surface area contributed by atoms with E-state index in [-0.39, 0.29) is 11.5 Å². The summed E-state index contributed by atoms with van der Waals surface area (Å²) in [6.45, 7) is 0. The third-order valence-electron chi connectivity index (χ3n) is 1.66. The van der Waals surface area contributed by atoms with Crippen LogP contribution in [0.5, 0.6) is 0 Å². The van der Waals surface area contributed by atoms with Gasteiger partial charge in [-0.15, -0.1) is 0 Å². The monoisotopic (exact) mass is 191 g/mol. The van der Waals surface area contributed by atoms with E-state index in [1.54, 1.807) is 24.3 Å². The first-order chi connectivity index (χ1) is 6.26. The Labute approximate surface area is 82.6 Å². The fourth-order valence-electron chi connectivity index (χ4n) is 0.981. The fraction of sp³-hybridized carbons (Fsp3) is 0.200. The number of carbonyl (C=O) groups is 1. The highest BCUT2D eigenvalue weighted by Crippen LogP contribution is 2.04. The summed E-state index contributed by atoms with van der Waals surface area (Å²) in [5.74, 6) is 0.355. The average Bonchev–Trinajstić information content (AvgIpc) is 2.19. The van der Waals surface area contributed by atoms with Crippen LogP contribution < -0.4 is 0 Å². The van der Waals surface area contributed by atoms with E-state index >= 15 is 0 Å². The third kappa shape index (κ3) is 2.92. The normalized spacial score (nSPS) is 9.23. The largest absolute Gasteiger partial charge is 0.298 e. The Morgan fingerprint density at radius 2 is 2.00 bits per heavy atom. The number of nitrogens with zero attached hydrogens (tertiary/aromatic N) is 1. The summed E-state index contributed by atoms with van der Waals surface area (Å²) < 4.78 is 0. The Bertz CT molecular complexity index is 337. The van der Waals surface area contributed by atoms with E-state index in [0.717, 1.165) is 5.56 Å². The van der Waals surface area contributed by atoms with E-state index in [1.165, 1.54) is 0 Å². The smallest absolute Gasteiger partial charge is 0.146 e. The van der Waals surface area contributed by atoms with Crippen molar-refractivity contribution >= 4 is 18.4 Å². The molecule has 0 heterocycles. The first kappa shape index (κ1) is 9.82. The van der Waals surface area contributed by atoms with Crippen LogP contribution in [0.3, 0.4) is 0 Å². The van der Waals surface area contributed by atoms with Gasteiger partial charge in [0.25, 0.3) is 0 Å². The first-order valence-corrected chi connectivity index (χ1v) is 4.51. The summed E-state index contributed by atoms with van der Waals surface area (Å²) >= 11 is 3.88. The van der Waals surface area contributed by atoms with Gasteiger partial charge >= 0.3 is 0 Å². The van der Waals surface area contributed by atoms with E-state index in [2.05, 4.69) is 12.6 Å². The molecule has 2 nitrogen and oxygen atoms in total. The van der Waals surface area contributed by atoms with Gasteiger partial charge in [0.15, 0.2) is 0 Å². The highest BCUT2D eigenvalue weighted by molar-refractivity contribution is 7.81. The Balaban J connectivity index is 2.71. The van der Waals surface area contributed by atoms with Crippen LogP contribution in [0, 0.1) is 11.3 Å². The number of Topliss-reactive ketones (excluding diaryl/α,β-unsaturated/α-hetero) is 1. The van der Waals surface area contributed by atoms with Gasteiger partial charge in [0.1, 0.15) is 5.78 Å². The van der Waals surface area contributed by atoms with Gasteiger partial charge in [-0.2, -0.15) is 17.9 Å². The van der Waals surface area contributed by atoms with Crippen molar-refractivity contribution in [1.82, 2.24) is 0 Å². The zero-order chi connectivity index (χ0) is 9.68. The molecular formula is C10H9NOS. The summed E-state index contributed by atoms with van der Waals surface area (Å²) in [7, 11) is 0. The Kier molecular flexibility index (Phi) is 3.53. The minimum Gasteiger partial charge on any atom is -0.298 e. The van der Waals surface area contributed by atoms with Crippen molar-refractivity contribution in [2.24, 2.45) is 0 Å². The summed E-state index contributed by atoms with van der Waals surface area (Å²) in [5.41, 5.74) is 1.54. The molecule has 0 amide bonds. The lowest BCUT2D eigenvalue weighted by Crippen LogP contribution is -2.03. The molecule has 0 aliphatic carbocycles. The molecule has 0 saturated carbocycles. The molecule has 1 aromatic carbocycles. The molecule has 0 aliphatic rings. The molecule has 0 atom stereocenters. The second-order valence-electron chi connectivity index (χ2n) is 2.68. The topological polar surface area (TPSA) is 40.9 Å². The third-order valence-corrected chi connectivity index (χ3v) is 2.01. The van der Waals surface area contributed by atoms with Crippen LogP contribution in [-0.2, 0) is 11.2 Å². The van der Waals surface area contributed by atoms with Crippen LogP contribution in [0.25, 0.3) is 0 Å². The molecule has 0 radical (unpaired) electrons. The highest BCUT2D eigenvalue weighted by Gasteiger charge is 2.00. The average molecular weight is 191 g/mol. The molecule has 1 rings (SSSR count). The molecule has 0 aliphatic heterocycles. The molecule has 0 bridgehead atoms. The summed E-state index contributed by atoms with van der Waals surface area (Å²) in [6, 6.07) is 9.02. The van der Waals surface area contributed by atoms with E-state index in [9.17, 15) is 4.79 Å². The van der Waals surface area contributed by atoms with E-state index in [4.69, 9.17) is 5.26 Å². The zero-order valence-electron chi connectivity index (χ0n) is 7.03. The number of hydrogen-bond donors (Lipinski definition) is 1. The highest BCUT2D eigenvalue weighted by atomic mass is 32.1. The quantitative estimate of drug-likeness (QED) is 0.737. The van der Waals surface area contributed by atoms with Gasteiger partial charge < -0.3 is 0 Å². The number of benzene rings is 1. The molecule has 66 valence electrons. The summed E-state index contributed by atoms with van der Waals surface area (Å²) in [5, 5.41) is 8.53. The summed E-state index contributed by atoms with van der Waals surface area (Å²) in [4.78, 5) is 11.0. The van der Waals surface area contributed by atoms with E-state index in [0.29, 0.717) is 12.0 Å². The molecule has 0 fully saturated rings. The van der Waals surface area contributed by atoms with Crippen LogP contribution in [0.1, 0.15) is 11.1 Å². The van der Waals surface area contributed by atoms with Gasteiger partial charge in [0.2, 0.25) is 0 Å². The maximum atomic E-state index is 11.0. The molecular weight excluding hydrogens is 182 g/mol. The number of rotatable bonds is 3. The number of thiol groups is 1. The number of nitriles is 1. The maximum absolute atomic E-state index is 11.0. The standard InChI is InChI=1S/C10H9NOS/c11-6-9-3-1-8(2-4-9)5-10(12)7-13/h1-4,13H,5,7H2. The second kappa shape index (κ2) is 4.68.